The number of rotatable bonds is 11. The van der Waals surface area contributed by atoms with Crippen LogP contribution in [0.1, 0.15) is 64.4 Å². The van der Waals surface area contributed by atoms with Gasteiger partial charge in [0.25, 0.3) is 0 Å². The lowest BCUT2D eigenvalue weighted by atomic mass is 10.1. The summed E-state index contributed by atoms with van der Waals surface area (Å²) in [6.07, 6.45) is 8.01. The Kier molecular flexibility index (Phi) is 10.1. The first kappa shape index (κ1) is 18.5. The summed E-state index contributed by atoms with van der Waals surface area (Å²) in [5, 5.41) is 0. The molecule has 124 valence electrons. The Morgan fingerprint density at radius 1 is 1.09 bits per heavy atom. The van der Waals surface area contributed by atoms with Crippen LogP contribution < -0.4 is 10.9 Å². The highest BCUT2D eigenvalue weighted by atomic mass is 16.6. The molecule has 0 aromatic heterocycles. The van der Waals surface area contributed by atoms with E-state index in [-0.39, 0.29) is 0 Å². The monoisotopic (exact) mass is 306 g/mol. The lowest BCUT2D eigenvalue weighted by molar-refractivity contribution is 0.132. The van der Waals surface area contributed by atoms with Crippen LogP contribution in [0, 0.1) is 0 Å². The zero-order valence-corrected chi connectivity index (χ0v) is 13.9. The molecular formula is C18H30N2O2. The summed E-state index contributed by atoms with van der Waals surface area (Å²) >= 11 is 0. The molecule has 1 atom stereocenters. The van der Waals surface area contributed by atoms with Gasteiger partial charge in [-0.2, -0.15) is 0 Å². The maximum atomic E-state index is 11.7. The quantitative estimate of drug-likeness (QED) is 0.465. The van der Waals surface area contributed by atoms with Gasteiger partial charge in [0.2, 0.25) is 0 Å². The lowest BCUT2D eigenvalue weighted by Gasteiger charge is -2.17. The van der Waals surface area contributed by atoms with E-state index >= 15 is 0 Å². The van der Waals surface area contributed by atoms with E-state index in [4.69, 9.17) is 4.74 Å². The standard InChI is InChI=1S/C18H30N2O2/c1-3-5-6-7-11-14-17(4-2)19-20-18(21)22-15-16-12-9-8-10-13-16/h8-10,12-13,17,19H,3-7,11,14-15H2,1-2H3,(H,20,21). The molecular weight excluding hydrogens is 276 g/mol. The predicted octanol–water partition coefficient (Wildman–Crippen LogP) is 4.56. The van der Waals surface area contributed by atoms with Gasteiger partial charge in [-0.3, -0.25) is 5.43 Å². The van der Waals surface area contributed by atoms with E-state index in [0.29, 0.717) is 12.6 Å². The molecule has 0 aliphatic rings. The smallest absolute Gasteiger partial charge is 0.421 e. The fourth-order valence-corrected chi connectivity index (χ4v) is 2.29. The van der Waals surface area contributed by atoms with Gasteiger partial charge in [-0.15, -0.1) is 0 Å². The first-order valence-electron chi connectivity index (χ1n) is 8.48. The van der Waals surface area contributed by atoms with Gasteiger partial charge >= 0.3 is 6.09 Å². The summed E-state index contributed by atoms with van der Waals surface area (Å²) in [4.78, 5) is 11.7. The molecule has 0 saturated heterocycles. The lowest BCUT2D eigenvalue weighted by Crippen LogP contribution is -2.44. The van der Waals surface area contributed by atoms with Crippen LogP contribution in [0.25, 0.3) is 0 Å². The van der Waals surface area contributed by atoms with Gasteiger partial charge in [0.1, 0.15) is 6.61 Å². The molecule has 1 aromatic carbocycles. The van der Waals surface area contributed by atoms with E-state index in [9.17, 15) is 4.79 Å². The molecule has 0 aliphatic heterocycles. The molecule has 0 fully saturated rings. The second-order valence-corrected chi connectivity index (χ2v) is 5.64. The zero-order valence-electron chi connectivity index (χ0n) is 13.9. The molecule has 1 rings (SSSR count). The average Bonchev–Trinajstić information content (AvgIpc) is 2.56. The van der Waals surface area contributed by atoms with Gasteiger partial charge in [-0.25, -0.2) is 10.2 Å². The van der Waals surface area contributed by atoms with Crippen LogP contribution in [0.2, 0.25) is 0 Å². The molecule has 0 radical (unpaired) electrons. The number of hydrogen-bond donors (Lipinski definition) is 2. The number of benzene rings is 1. The molecule has 1 unspecified atom stereocenters. The van der Waals surface area contributed by atoms with Crippen LogP contribution in [0.4, 0.5) is 4.79 Å². The van der Waals surface area contributed by atoms with Crippen LogP contribution in [0.5, 0.6) is 0 Å². The minimum Gasteiger partial charge on any atom is -0.444 e. The largest absolute Gasteiger partial charge is 0.444 e. The molecule has 22 heavy (non-hydrogen) atoms. The Bertz CT molecular complexity index is 395. The molecule has 0 spiro atoms. The number of amides is 1. The van der Waals surface area contributed by atoms with Crippen molar-refractivity contribution in [1.82, 2.24) is 10.9 Å². The van der Waals surface area contributed by atoms with Crippen molar-refractivity contribution in [2.24, 2.45) is 0 Å². The maximum absolute atomic E-state index is 11.7. The molecule has 4 nitrogen and oxygen atoms in total. The minimum absolute atomic E-state index is 0.294. The van der Waals surface area contributed by atoms with E-state index in [0.717, 1.165) is 18.4 Å². The Hall–Kier alpha value is -1.55. The first-order chi connectivity index (χ1) is 10.8. The number of carbonyl (C=O) groups excluding carboxylic acids is 1. The summed E-state index contributed by atoms with van der Waals surface area (Å²) in [7, 11) is 0. The van der Waals surface area contributed by atoms with Crippen molar-refractivity contribution in [3.05, 3.63) is 35.9 Å². The fourth-order valence-electron chi connectivity index (χ4n) is 2.29. The Balaban J connectivity index is 2.12. The van der Waals surface area contributed by atoms with Crippen molar-refractivity contribution in [3.8, 4) is 0 Å². The molecule has 1 amide bonds. The molecule has 1 aromatic rings. The van der Waals surface area contributed by atoms with E-state index in [1.165, 1.54) is 32.1 Å². The van der Waals surface area contributed by atoms with Crippen LogP contribution in [-0.2, 0) is 11.3 Å². The average molecular weight is 306 g/mol. The molecule has 2 N–H and O–H groups in total. The van der Waals surface area contributed by atoms with E-state index in [1.54, 1.807) is 0 Å². The van der Waals surface area contributed by atoms with Gasteiger partial charge in [-0.1, -0.05) is 76.3 Å². The Labute approximate surface area is 134 Å². The van der Waals surface area contributed by atoms with Crippen LogP contribution in [0.3, 0.4) is 0 Å². The van der Waals surface area contributed by atoms with E-state index in [1.807, 2.05) is 30.3 Å². The van der Waals surface area contributed by atoms with Crippen LogP contribution in [0.15, 0.2) is 30.3 Å². The normalized spacial score (nSPS) is 11.9. The number of carbonyl (C=O) groups is 1. The summed E-state index contributed by atoms with van der Waals surface area (Å²) < 4.78 is 5.17. The summed E-state index contributed by atoms with van der Waals surface area (Å²) in [5.74, 6) is 0. The molecule has 0 bridgehead atoms. The van der Waals surface area contributed by atoms with Gasteiger partial charge in [0, 0.05) is 6.04 Å². The predicted molar refractivity (Wildman–Crippen MR) is 90.4 cm³/mol. The second kappa shape index (κ2) is 12.0. The molecule has 0 aliphatic carbocycles. The zero-order chi connectivity index (χ0) is 16.0. The number of hydrogen-bond acceptors (Lipinski definition) is 3. The number of unbranched alkanes of at least 4 members (excludes halogenated alkanes) is 4. The Morgan fingerprint density at radius 3 is 2.50 bits per heavy atom. The van der Waals surface area contributed by atoms with E-state index in [2.05, 4.69) is 24.7 Å². The molecule has 0 saturated carbocycles. The summed E-state index contributed by atoms with van der Waals surface area (Å²) in [5.41, 5.74) is 6.70. The van der Waals surface area contributed by atoms with Crippen LogP contribution >= 0.6 is 0 Å². The van der Waals surface area contributed by atoms with Crippen molar-refractivity contribution in [2.75, 3.05) is 0 Å². The van der Waals surface area contributed by atoms with Crippen molar-refractivity contribution in [2.45, 2.75) is 71.4 Å². The highest BCUT2D eigenvalue weighted by Gasteiger charge is 2.08. The van der Waals surface area contributed by atoms with Crippen LogP contribution in [-0.4, -0.2) is 12.1 Å². The van der Waals surface area contributed by atoms with Gasteiger partial charge in [0.15, 0.2) is 0 Å². The molecule has 4 heteroatoms. The SMILES string of the molecule is CCCCCCCC(CC)NNC(=O)OCc1ccccc1. The topological polar surface area (TPSA) is 50.4 Å². The Morgan fingerprint density at radius 2 is 1.82 bits per heavy atom. The van der Waals surface area contributed by atoms with Gasteiger partial charge < -0.3 is 4.74 Å². The number of hydrazine groups is 1. The van der Waals surface area contributed by atoms with E-state index < -0.39 is 6.09 Å². The third-order valence-electron chi connectivity index (χ3n) is 3.74. The van der Waals surface area contributed by atoms with Crippen molar-refractivity contribution in [3.63, 3.8) is 0 Å². The highest BCUT2D eigenvalue weighted by molar-refractivity contribution is 5.66. The first-order valence-corrected chi connectivity index (χ1v) is 8.48. The number of ether oxygens (including phenoxy) is 1. The minimum atomic E-state index is -0.423. The van der Waals surface area contributed by atoms with Gasteiger partial charge in [-0.05, 0) is 18.4 Å². The maximum Gasteiger partial charge on any atom is 0.421 e. The summed E-state index contributed by atoms with van der Waals surface area (Å²) in [6, 6.07) is 9.99. The number of nitrogens with one attached hydrogen (secondary N) is 2. The van der Waals surface area contributed by atoms with Crippen molar-refractivity contribution in [1.29, 1.82) is 0 Å². The fraction of sp³-hybridized carbons (Fsp3) is 0.611. The second-order valence-electron chi connectivity index (χ2n) is 5.64. The summed E-state index contributed by atoms with van der Waals surface area (Å²) in [6.45, 7) is 4.64. The molecule has 0 heterocycles. The highest BCUT2D eigenvalue weighted by Crippen LogP contribution is 2.08. The van der Waals surface area contributed by atoms with Gasteiger partial charge in [0.05, 0.1) is 0 Å². The van der Waals surface area contributed by atoms with Crippen molar-refractivity contribution >= 4 is 6.09 Å². The third kappa shape index (κ3) is 8.67. The third-order valence-corrected chi connectivity index (χ3v) is 3.74. The van der Waals surface area contributed by atoms with Crippen molar-refractivity contribution < 1.29 is 9.53 Å².